The third-order valence-corrected chi connectivity index (χ3v) is 5.81. The van der Waals surface area contributed by atoms with Gasteiger partial charge in [0.2, 0.25) is 0 Å². The van der Waals surface area contributed by atoms with Crippen LogP contribution in [0.1, 0.15) is 29.6 Å². The van der Waals surface area contributed by atoms with Gasteiger partial charge < -0.3 is 14.7 Å². The van der Waals surface area contributed by atoms with E-state index in [0.717, 1.165) is 55.5 Å². The highest BCUT2D eigenvalue weighted by Gasteiger charge is 2.22. The lowest BCUT2D eigenvalue weighted by molar-refractivity contribution is 0.0747. The Hall–Kier alpha value is -2.20. The van der Waals surface area contributed by atoms with Gasteiger partial charge in [-0.15, -0.1) is 0 Å². The standard InChI is InChI=1S/C22H26ClN3O/c23-19-5-4-6-21(17-19)25-13-15-26(16-14-25)22(27)18-7-9-20(10-8-18)24-11-2-1-3-12-24/h4-10,17H,1-3,11-16H2. The zero-order chi connectivity index (χ0) is 18.6. The minimum Gasteiger partial charge on any atom is -0.372 e. The summed E-state index contributed by atoms with van der Waals surface area (Å²) in [6, 6.07) is 16.1. The molecule has 0 atom stereocenters. The number of amides is 1. The fraction of sp³-hybridized carbons (Fsp3) is 0.409. The molecule has 2 aliphatic heterocycles. The largest absolute Gasteiger partial charge is 0.372 e. The number of rotatable bonds is 3. The van der Waals surface area contributed by atoms with Crippen LogP contribution in [0.15, 0.2) is 48.5 Å². The third kappa shape index (κ3) is 4.22. The highest BCUT2D eigenvalue weighted by atomic mass is 35.5. The maximum atomic E-state index is 12.9. The van der Waals surface area contributed by atoms with Crippen molar-refractivity contribution < 1.29 is 4.79 Å². The molecule has 0 aliphatic carbocycles. The predicted octanol–water partition coefficient (Wildman–Crippen LogP) is 4.29. The van der Waals surface area contributed by atoms with Gasteiger partial charge in [0.1, 0.15) is 0 Å². The average Bonchev–Trinajstić information content (AvgIpc) is 2.74. The van der Waals surface area contributed by atoms with E-state index >= 15 is 0 Å². The summed E-state index contributed by atoms with van der Waals surface area (Å²) < 4.78 is 0. The van der Waals surface area contributed by atoms with Crippen molar-refractivity contribution in [1.82, 2.24) is 4.90 Å². The van der Waals surface area contributed by atoms with Gasteiger partial charge in [-0.05, 0) is 61.7 Å². The number of piperidine rings is 1. The first-order valence-electron chi connectivity index (χ1n) is 9.85. The number of piperazine rings is 1. The third-order valence-electron chi connectivity index (χ3n) is 5.58. The number of halogens is 1. The minimum atomic E-state index is 0.130. The summed E-state index contributed by atoms with van der Waals surface area (Å²) in [4.78, 5) is 19.5. The van der Waals surface area contributed by atoms with Crippen molar-refractivity contribution in [2.45, 2.75) is 19.3 Å². The van der Waals surface area contributed by atoms with Crippen LogP contribution in [0, 0.1) is 0 Å². The van der Waals surface area contributed by atoms with Gasteiger partial charge in [-0.25, -0.2) is 0 Å². The molecule has 0 N–H and O–H groups in total. The molecule has 27 heavy (non-hydrogen) atoms. The molecule has 2 saturated heterocycles. The second-order valence-electron chi connectivity index (χ2n) is 7.35. The van der Waals surface area contributed by atoms with Crippen LogP contribution in [0.3, 0.4) is 0 Å². The lowest BCUT2D eigenvalue weighted by Gasteiger charge is -2.36. The van der Waals surface area contributed by atoms with E-state index in [4.69, 9.17) is 11.6 Å². The fourth-order valence-corrected chi connectivity index (χ4v) is 4.17. The van der Waals surface area contributed by atoms with Gasteiger partial charge in [0, 0.05) is 61.2 Å². The van der Waals surface area contributed by atoms with E-state index in [1.165, 1.54) is 24.9 Å². The first-order chi connectivity index (χ1) is 13.2. The van der Waals surface area contributed by atoms with E-state index in [1.54, 1.807) is 0 Å². The molecule has 2 fully saturated rings. The van der Waals surface area contributed by atoms with Gasteiger partial charge in [-0.1, -0.05) is 17.7 Å². The van der Waals surface area contributed by atoms with Crippen molar-refractivity contribution in [3.05, 3.63) is 59.1 Å². The molecule has 2 aliphatic rings. The quantitative estimate of drug-likeness (QED) is 0.790. The molecule has 5 heteroatoms. The van der Waals surface area contributed by atoms with Crippen molar-refractivity contribution in [2.75, 3.05) is 49.1 Å². The van der Waals surface area contributed by atoms with Crippen molar-refractivity contribution in [1.29, 1.82) is 0 Å². The number of hydrogen-bond donors (Lipinski definition) is 0. The van der Waals surface area contributed by atoms with E-state index in [1.807, 2.05) is 35.2 Å². The van der Waals surface area contributed by atoms with E-state index in [0.29, 0.717) is 0 Å². The molecule has 1 amide bonds. The summed E-state index contributed by atoms with van der Waals surface area (Å²) in [5.74, 6) is 0.130. The van der Waals surface area contributed by atoms with Crippen LogP contribution < -0.4 is 9.80 Å². The van der Waals surface area contributed by atoms with Crippen molar-refractivity contribution >= 4 is 28.9 Å². The average molecular weight is 384 g/mol. The Morgan fingerprint density at radius 3 is 2.07 bits per heavy atom. The van der Waals surface area contributed by atoms with Gasteiger partial charge in [0.25, 0.3) is 5.91 Å². The first-order valence-corrected chi connectivity index (χ1v) is 10.2. The molecule has 2 aromatic rings. The summed E-state index contributed by atoms with van der Waals surface area (Å²) in [5, 5.41) is 0.750. The van der Waals surface area contributed by atoms with Crippen molar-refractivity contribution in [3.8, 4) is 0 Å². The Bertz CT molecular complexity index is 778. The molecule has 0 saturated carbocycles. The smallest absolute Gasteiger partial charge is 0.253 e. The summed E-state index contributed by atoms with van der Waals surface area (Å²) in [5.41, 5.74) is 3.14. The normalized spacial score (nSPS) is 17.9. The maximum absolute atomic E-state index is 12.9. The van der Waals surface area contributed by atoms with E-state index in [2.05, 4.69) is 28.0 Å². The highest BCUT2D eigenvalue weighted by Crippen LogP contribution is 2.23. The van der Waals surface area contributed by atoms with Crippen LogP contribution in [0.2, 0.25) is 5.02 Å². The predicted molar refractivity (Wildman–Crippen MR) is 112 cm³/mol. The van der Waals surface area contributed by atoms with E-state index in [-0.39, 0.29) is 5.91 Å². The zero-order valence-electron chi connectivity index (χ0n) is 15.6. The summed E-state index contributed by atoms with van der Waals surface area (Å²) in [6.07, 6.45) is 3.85. The van der Waals surface area contributed by atoms with Crippen LogP contribution in [-0.2, 0) is 0 Å². The van der Waals surface area contributed by atoms with Crippen molar-refractivity contribution in [2.24, 2.45) is 0 Å². The van der Waals surface area contributed by atoms with Crippen LogP contribution in [0.4, 0.5) is 11.4 Å². The minimum absolute atomic E-state index is 0.130. The van der Waals surface area contributed by atoms with Crippen LogP contribution in [-0.4, -0.2) is 50.1 Å². The SMILES string of the molecule is O=C(c1ccc(N2CCCCC2)cc1)N1CCN(c2cccc(Cl)c2)CC1. The number of carbonyl (C=O) groups excluding carboxylic acids is 1. The Kier molecular flexibility index (Phi) is 5.53. The lowest BCUT2D eigenvalue weighted by atomic mass is 10.1. The number of nitrogens with zero attached hydrogens (tertiary/aromatic N) is 3. The number of carbonyl (C=O) groups is 1. The second-order valence-corrected chi connectivity index (χ2v) is 7.79. The molecule has 142 valence electrons. The Morgan fingerprint density at radius 1 is 0.741 bits per heavy atom. The van der Waals surface area contributed by atoms with Gasteiger partial charge in [0.05, 0.1) is 0 Å². The monoisotopic (exact) mass is 383 g/mol. The van der Waals surface area contributed by atoms with Crippen molar-refractivity contribution in [3.63, 3.8) is 0 Å². The molecule has 0 bridgehead atoms. The summed E-state index contributed by atoms with van der Waals surface area (Å²) in [6.45, 7) is 5.38. The van der Waals surface area contributed by atoms with Gasteiger partial charge in [-0.2, -0.15) is 0 Å². The molecule has 2 heterocycles. The zero-order valence-corrected chi connectivity index (χ0v) is 16.4. The molecule has 0 spiro atoms. The van der Waals surface area contributed by atoms with Gasteiger partial charge in [-0.3, -0.25) is 4.79 Å². The fourth-order valence-electron chi connectivity index (χ4n) is 3.99. The first kappa shape index (κ1) is 18.2. The summed E-state index contributed by atoms with van der Waals surface area (Å²) in [7, 11) is 0. The molecule has 2 aromatic carbocycles. The molecule has 4 rings (SSSR count). The molecule has 0 unspecified atom stereocenters. The van der Waals surface area contributed by atoms with Crippen LogP contribution in [0.25, 0.3) is 0 Å². The van der Waals surface area contributed by atoms with Crippen LogP contribution in [0.5, 0.6) is 0 Å². The molecular formula is C22H26ClN3O. The Labute approximate surface area is 166 Å². The number of hydrogen-bond acceptors (Lipinski definition) is 3. The van der Waals surface area contributed by atoms with Gasteiger partial charge >= 0.3 is 0 Å². The van der Waals surface area contributed by atoms with E-state index in [9.17, 15) is 4.79 Å². The molecular weight excluding hydrogens is 358 g/mol. The maximum Gasteiger partial charge on any atom is 0.253 e. The van der Waals surface area contributed by atoms with E-state index < -0.39 is 0 Å². The number of anilines is 2. The lowest BCUT2D eigenvalue weighted by Crippen LogP contribution is -2.48. The highest BCUT2D eigenvalue weighted by molar-refractivity contribution is 6.30. The molecule has 4 nitrogen and oxygen atoms in total. The van der Waals surface area contributed by atoms with Gasteiger partial charge in [0.15, 0.2) is 0 Å². The molecule has 0 aromatic heterocycles. The molecule has 0 radical (unpaired) electrons. The number of benzene rings is 2. The Morgan fingerprint density at radius 2 is 1.41 bits per heavy atom. The Balaban J connectivity index is 1.36. The van der Waals surface area contributed by atoms with Crippen LogP contribution >= 0.6 is 11.6 Å². The topological polar surface area (TPSA) is 26.8 Å². The second kappa shape index (κ2) is 8.22. The summed E-state index contributed by atoms with van der Waals surface area (Å²) >= 11 is 6.10.